The fourth-order valence-corrected chi connectivity index (χ4v) is 2.88. The second-order valence-corrected chi connectivity index (χ2v) is 4.76. The predicted octanol–water partition coefficient (Wildman–Crippen LogP) is 3.18. The van der Waals surface area contributed by atoms with Gasteiger partial charge in [-0.05, 0) is 24.7 Å². The van der Waals surface area contributed by atoms with E-state index < -0.39 is 0 Å². The fraction of sp³-hybridized carbons (Fsp3) is 0.417. The van der Waals surface area contributed by atoms with Crippen molar-refractivity contribution in [2.75, 3.05) is 5.75 Å². The van der Waals surface area contributed by atoms with Crippen molar-refractivity contribution in [3.63, 3.8) is 0 Å². The van der Waals surface area contributed by atoms with Gasteiger partial charge in [-0.2, -0.15) is 0 Å². The number of rotatable bonds is 1. The van der Waals surface area contributed by atoms with Crippen molar-refractivity contribution >= 4 is 17.7 Å². The lowest BCUT2D eigenvalue weighted by molar-refractivity contribution is -0.147. The molecule has 1 atom stereocenters. The molecule has 0 spiro atoms. The Morgan fingerprint density at radius 1 is 1.47 bits per heavy atom. The first-order valence-corrected chi connectivity index (χ1v) is 6.15. The first-order chi connectivity index (χ1) is 7.27. The molecule has 15 heavy (non-hydrogen) atoms. The minimum Gasteiger partial charge on any atom is -0.458 e. The standard InChI is InChI=1S/C12H14O2S/c1-9(13)14-11-6-4-8-15-12-7-3-2-5-10(11)12/h2-3,5,7,11H,4,6,8H2,1H3/t11-/m0/s1. The van der Waals surface area contributed by atoms with Gasteiger partial charge in [0.15, 0.2) is 0 Å². The van der Waals surface area contributed by atoms with Gasteiger partial charge in [0.2, 0.25) is 0 Å². The summed E-state index contributed by atoms with van der Waals surface area (Å²) in [4.78, 5) is 12.3. The van der Waals surface area contributed by atoms with Gasteiger partial charge in [-0.1, -0.05) is 18.2 Å². The quantitative estimate of drug-likeness (QED) is 0.683. The van der Waals surface area contributed by atoms with Crippen LogP contribution in [0.15, 0.2) is 29.2 Å². The highest BCUT2D eigenvalue weighted by Gasteiger charge is 2.20. The number of benzene rings is 1. The SMILES string of the molecule is CC(=O)O[C@H]1CCCSc2ccccc21. The molecule has 1 aromatic rings. The molecule has 1 aliphatic heterocycles. The lowest BCUT2D eigenvalue weighted by Crippen LogP contribution is -2.08. The molecular formula is C12H14O2S. The van der Waals surface area contributed by atoms with Gasteiger partial charge in [0, 0.05) is 17.4 Å². The topological polar surface area (TPSA) is 26.3 Å². The molecule has 0 aliphatic carbocycles. The zero-order valence-electron chi connectivity index (χ0n) is 8.73. The molecule has 2 rings (SSSR count). The highest BCUT2D eigenvalue weighted by atomic mass is 32.2. The Kier molecular flexibility index (Phi) is 3.31. The van der Waals surface area contributed by atoms with Crippen molar-refractivity contribution < 1.29 is 9.53 Å². The normalized spacial score (nSPS) is 20.2. The van der Waals surface area contributed by atoms with E-state index in [1.54, 1.807) is 0 Å². The largest absolute Gasteiger partial charge is 0.458 e. The number of ether oxygens (including phenoxy) is 1. The number of carbonyl (C=O) groups excluding carboxylic acids is 1. The maximum absolute atomic E-state index is 11.0. The van der Waals surface area contributed by atoms with Crippen LogP contribution in [-0.2, 0) is 9.53 Å². The van der Waals surface area contributed by atoms with Crippen LogP contribution in [0.3, 0.4) is 0 Å². The zero-order valence-corrected chi connectivity index (χ0v) is 9.55. The third kappa shape index (κ3) is 2.53. The third-order valence-electron chi connectivity index (χ3n) is 2.44. The summed E-state index contributed by atoms with van der Waals surface area (Å²) in [5, 5.41) is 0. The van der Waals surface area contributed by atoms with Crippen molar-refractivity contribution in [1.29, 1.82) is 0 Å². The smallest absolute Gasteiger partial charge is 0.303 e. The van der Waals surface area contributed by atoms with Crippen LogP contribution in [-0.4, -0.2) is 11.7 Å². The molecular weight excluding hydrogens is 208 g/mol. The number of carbonyl (C=O) groups is 1. The Balaban J connectivity index is 2.28. The molecule has 0 bridgehead atoms. The van der Waals surface area contributed by atoms with E-state index in [0.29, 0.717) is 0 Å². The fourth-order valence-electron chi connectivity index (χ4n) is 1.81. The van der Waals surface area contributed by atoms with Gasteiger partial charge < -0.3 is 4.74 Å². The minimum atomic E-state index is -0.193. The Bertz CT molecular complexity index is 362. The molecule has 0 saturated heterocycles. The first kappa shape index (κ1) is 10.6. The maximum atomic E-state index is 11.0. The molecule has 80 valence electrons. The Labute approximate surface area is 94.0 Å². The Morgan fingerprint density at radius 2 is 2.27 bits per heavy atom. The number of thioether (sulfide) groups is 1. The molecule has 0 unspecified atom stereocenters. The minimum absolute atomic E-state index is 0.0475. The molecule has 3 heteroatoms. The van der Waals surface area contributed by atoms with Gasteiger partial charge in [-0.25, -0.2) is 0 Å². The molecule has 0 fully saturated rings. The summed E-state index contributed by atoms with van der Waals surface area (Å²) in [7, 11) is 0. The van der Waals surface area contributed by atoms with E-state index in [-0.39, 0.29) is 12.1 Å². The second-order valence-electron chi connectivity index (χ2n) is 3.63. The molecule has 1 heterocycles. The van der Waals surface area contributed by atoms with E-state index in [0.717, 1.165) is 24.2 Å². The molecule has 1 aromatic carbocycles. The number of esters is 1. The van der Waals surface area contributed by atoms with Crippen LogP contribution in [0.25, 0.3) is 0 Å². The average Bonchev–Trinajstić information content (AvgIpc) is 2.41. The highest BCUT2D eigenvalue weighted by molar-refractivity contribution is 7.99. The van der Waals surface area contributed by atoms with Crippen molar-refractivity contribution in [3.05, 3.63) is 29.8 Å². The molecule has 0 amide bonds. The van der Waals surface area contributed by atoms with Crippen LogP contribution in [0.5, 0.6) is 0 Å². The average molecular weight is 222 g/mol. The first-order valence-electron chi connectivity index (χ1n) is 5.16. The lowest BCUT2D eigenvalue weighted by atomic mass is 10.1. The summed E-state index contributed by atoms with van der Waals surface area (Å²) in [6.07, 6.45) is 1.98. The van der Waals surface area contributed by atoms with Gasteiger partial charge in [-0.3, -0.25) is 4.79 Å². The second kappa shape index (κ2) is 4.71. The van der Waals surface area contributed by atoms with Crippen molar-refractivity contribution in [2.45, 2.75) is 30.8 Å². The highest BCUT2D eigenvalue weighted by Crippen LogP contribution is 2.36. The molecule has 0 saturated carbocycles. The summed E-state index contributed by atoms with van der Waals surface area (Å²) in [5.41, 5.74) is 1.16. The van der Waals surface area contributed by atoms with Crippen LogP contribution >= 0.6 is 11.8 Å². The zero-order chi connectivity index (χ0) is 10.7. The monoisotopic (exact) mass is 222 g/mol. The number of fused-ring (bicyclic) bond motifs is 1. The van der Waals surface area contributed by atoms with Gasteiger partial charge in [0.25, 0.3) is 0 Å². The van der Waals surface area contributed by atoms with E-state index in [9.17, 15) is 4.79 Å². The Morgan fingerprint density at radius 3 is 3.07 bits per heavy atom. The Hall–Kier alpha value is -0.960. The van der Waals surface area contributed by atoms with Crippen LogP contribution in [0.1, 0.15) is 31.4 Å². The third-order valence-corrected chi connectivity index (χ3v) is 3.62. The van der Waals surface area contributed by atoms with Gasteiger partial charge in [0.05, 0.1) is 0 Å². The molecule has 1 aliphatic rings. The van der Waals surface area contributed by atoms with E-state index in [1.807, 2.05) is 23.9 Å². The number of hydrogen-bond acceptors (Lipinski definition) is 3. The van der Waals surface area contributed by atoms with Crippen molar-refractivity contribution in [2.24, 2.45) is 0 Å². The van der Waals surface area contributed by atoms with Crippen LogP contribution in [0.4, 0.5) is 0 Å². The van der Waals surface area contributed by atoms with E-state index in [1.165, 1.54) is 11.8 Å². The molecule has 0 aromatic heterocycles. The lowest BCUT2D eigenvalue weighted by Gasteiger charge is -2.16. The molecule has 0 radical (unpaired) electrons. The molecule has 0 N–H and O–H groups in total. The van der Waals surface area contributed by atoms with Crippen LogP contribution < -0.4 is 0 Å². The summed E-state index contributed by atoms with van der Waals surface area (Å²) in [5.74, 6) is 0.913. The van der Waals surface area contributed by atoms with E-state index in [2.05, 4.69) is 12.1 Å². The molecule has 2 nitrogen and oxygen atoms in total. The van der Waals surface area contributed by atoms with E-state index in [4.69, 9.17) is 4.74 Å². The summed E-state index contributed by atoms with van der Waals surface area (Å²) >= 11 is 1.85. The predicted molar refractivity (Wildman–Crippen MR) is 60.9 cm³/mol. The van der Waals surface area contributed by atoms with Gasteiger partial charge in [-0.15, -0.1) is 11.8 Å². The number of hydrogen-bond donors (Lipinski definition) is 0. The maximum Gasteiger partial charge on any atom is 0.303 e. The van der Waals surface area contributed by atoms with Crippen molar-refractivity contribution in [3.8, 4) is 0 Å². The van der Waals surface area contributed by atoms with Gasteiger partial charge >= 0.3 is 5.97 Å². The van der Waals surface area contributed by atoms with E-state index >= 15 is 0 Å². The summed E-state index contributed by atoms with van der Waals surface area (Å²) in [6.45, 7) is 1.47. The van der Waals surface area contributed by atoms with Gasteiger partial charge in [0.1, 0.15) is 6.10 Å². The van der Waals surface area contributed by atoms with Crippen molar-refractivity contribution in [1.82, 2.24) is 0 Å². The summed E-state index contributed by atoms with van der Waals surface area (Å²) in [6, 6.07) is 8.19. The van der Waals surface area contributed by atoms with Crippen LogP contribution in [0, 0.1) is 0 Å². The summed E-state index contributed by atoms with van der Waals surface area (Å²) < 4.78 is 5.35. The van der Waals surface area contributed by atoms with Crippen LogP contribution in [0.2, 0.25) is 0 Å².